The molecule has 0 bridgehead atoms. The molecule has 0 aromatic carbocycles. The van der Waals surface area contributed by atoms with Gasteiger partial charge in [0, 0.05) is 12.1 Å². The molecule has 1 fully saturated rings. The lowest BCUT2D eigenvalue weighted by Crippen LogP contribution is -2.44. The maximum atomic E-state index is 11.8. The Kier molecular flexibility index (Phi) is 7.44. The van der Waals surface area contributed by atoms with E-state index in [0.717, 1.165) is 25.2 Å². The summed E-state index contributed by atoms with van der Waals surface area (Å²) in [4.78, 5) is 11.8. The van der Waals surface area contributed by atoms with Crippen LogP contribution in [0.4, 0.5) is 0 Å². The van der Waals surface area contributed by atoms with Gasteiger partial charge in [0.2, 0.25) is 0 Å². The quantitative estimate of drug-likeness (QED) is 0.719. The first kappa shape index (κ1) is 16.5. The topological polar surface area (TPSA) is 38.3 Å². The molecule has 3 nitrogen and oxygen atoms in total. The lowest BCUT2D eigenvalue weighted by atomic mass is 9.84. The predicted octanol–water partition coefficient (Wildman–Crippen LogP) is 3.52. The Morgan fingerprint density at radius 2 is 1.95 bits per heavy atom. The Balaban J connectivity index is 2.44. The van der Waals surface area contributed by atoms with E-state index < -0.39 is 0 Å². The number of hydrogen-bond donors (Lipinski definition) is 1. The molecule has 19 heavy (non-hydrogen) atoms. The number of ether oxygens (including phenoxy) is 1. The highest BCUT2D eigenvalue weighted by Crippen LogP contribution is 2.26. The lowest BCUT2D eigenvalue weighted by molar-refractivity contribution is -0.149. The van der Waals surface area contributed by atoms with E-state index in [1.54, 1.807) is 0 Å². The van der Waals surface area contributed by atoms with Crippen LogP contribution in [0, 0.1) is 11.8 Å². The summed E-state index contributed by atoms with van der Waals surface area (Å²) in [6.45, 7) is 9.18. The molecule has 3 heteroatoms. The molecule has 0 heterocycles. The minimum Gasteiger partial charge on any atom is -0.466 e. The van der Waals surface area contributed by atoms with Crippen molar-refractivity contribution >= 4 is 5.97 Å². The Hall–Kier alpha value is -0.570. The van der Waals surface area contributed by atoms with Gasteiger partial charge >= 0.3 is 5.97 Å². The smallest absolute Gasteiger partial charge is 0.308 e. The van der Waals surface area contributed by atoms with E-state index in [-0.39, 0.29) is 11.9 Å². The second-order valence-corrected chi connectivity index (χ2v) is 5.84. The summed E-state index contributed by atoms with van der Waals surface area (Å²) in [7, 11) is 0. The minimum atomic E-state index is 0.00388. The normalized spacial score (nSPS) is 25.3. The van der Waals surface area contributed by atoms with Crippen LogP contribution in [-0.4, -0.2) is 24.7 Å². The van der Waals surface area contributed by atoms with Gasteiger partial charge in [-0.1, -0.05) is 33.1 Å². The van der Waals surface area contributed by atoms with Gasteiger partial charge in [-0.25, -0.2) is 0 Å². The van der Waals surface area contributed by atoms with Crippen molar-refractivity contribution in [3.05, 3.63) is 0 Å². The fourth-order valence-corrected chi connectivity index (χ4v) is 3.32. The zero-order valence-electron chi connectivity index (χ0n) is 13.1. The van der Waals surface area contributed by atoms with Gasteiger partial charge in [0.15, 0.2) is 0 Å². The Morgan fingerprint density at radius 3 is 2.53 bits per heavy atom. The van der Waals surface area contributed by atoms with Crippen LogP contribution in [0.15, 0.2) is 0 Å². The summed E-state index contributed by atoms with van der Waals surface area (Å²) in [5.74, 6) is 0.854. The van der Waals surface area contributed by atoms with Gasteiger partial charge < -0.3 is 10.1 Å². The van der Waals surface area contributed by atoms with Crippen LogP contribution in [0.3, 0.4) is 0 Å². The van der Waals surface area contributed by atoms with Gasteiger partial charge in [0.25, 0.3) is 0 Å². The maximum Gasteiger partial charge on any atom is 0.308 e. The van der Waals surface area contributed by atoms with Crippen molar-refractivity contribution in [2.75, 3.05) is 6.61 Å². The lowest BCUT2D eigenvalue weighted by Gasteiger charge is -2.33. The van der Waals surface area contributed by atoms with Crippen LogP contribution < -0.4 is 5.32 Å². The summed E-state index contributed by atoms with van der Waals surface area (Å²) >= 11 is 0. The standard InChI is InChI=1S/C16H31NO2/c1-5-13(6-2)12(4)17-15-10-8-9-14(11-15)16(18)19-7-3/h12-15,17H,5-11H2,1-4H3. The summed E-state index contributed by atoms with van der Waals surface area (Å²) in [6, 6.07) is 1.03. The fraction of sp³-hybridized carbons (Fsp3) is 0.938. The van der Waals surface area contributed by atoms with Gasteiger partial charge in [-0.3, -0.25) is 4.79 Å². The maximum absolute atomic E-state index is 11.8. The third-order valence-corrected chi connectivity index (χ3v) is 4.55. The highest BCUT2D eigenvalue weighted by molar-refractivity contribution is 5.72. The monoisotopic (exact) mass is 269 g/mol. The number of hydrogen-bond acceptors (Lipinski definition) is 3. The highest BCUT2D eigenvalue weighted by atomic mass is 16.5. The number of carbonyl (C=O) groups excluding carboxylic acids is 1. The molecule has 3 unspecified atom stereocenters. The van der Waals surface area contributed by atoms with Gasteiger partial charge in [-0.2, -0.15) is 0 Å². The molecule has 0 radical (unpaired) electrons. The molecule has 0 spiro atoms. The number of nitrogens with one attached hydrogen (secondary N) is 1. The van der Waals surface area contributed by atoms with Gasteiger partial charge in [0.05, 0.1) is 12.5 Å². The molecule has 3 atom stereocenters. The van der Waals surface area contributed by atoms with Crippen molar-refractivity contribution < 1.29 is 9.53 Å². The minimum absolute atomic E-state index is 0.00388. The van der Waals surface area contributed by atoms with Crippen molar-refractivity contribution in [3.63, 3.8) is 0 Å². The molecule has 0 saturated heterocycles. The highest BCUT2D eigenvalue weighted by Gasteiger charge is 2.29. The average molecular weight is 269 g/mol. The van der Waals surface area contributed by atoms with Crippen molar-refractivity contribution in [1.82, 2.24) is 5.32 Å². The first-order chi connectivity index (χ1) is 9.12. The Morgan fingerprint density at radius 1 is 1.26 bits per heavy atom. The average Bonchev–Trinajstić information content (AvgIpc) is 2.40. The second-order valence-electron chi connectivity index (χ2n) is 5.84. The van der Waals surface area contributed by atoms with Crippen molar-refractivity contribution in [1.29, 1.82) is 0 Å². The van der Waals surface area contributed by atoms with E-state index >= 15 is 0 Å². The summed E-state index contributed by atoms with van der Waals surface area (Å²) in [6.07, 6.45) is 6.72. The first-order valence-electron chi connectivity index (χ1n) is 8.04. The van der Waals surface area contributed by atoms with Crippen LogP contribution in [-0.2, 0) is 9.53 Å². The van der Waals surface area contributed by atoms with E-state index in [9.17, 15) is 4.79 Å². The van der Waals surface area contributed by atoms with Crippen LogP contribution in [0.5, 0.6) is 0 Å². The van der Waals surface area contributed by atoms with E-state index in [1.165, 1.54) is 19.3 Å². The van der Waals surface area contributed by atoms with Crippen molar-refractivity contribution in [3.8, 4) is 0 Å². The van der Waals surface area contributed by atoms with E-state index in [2.05, 4.69) is 26.1 Å². The number of carbonyl (C=O) groups is 1. The van der Waals surface area contributed by atoms with Gasteiger partial charge in [-0.15, -0.1) is 0 Å². The molecule has 0 aliphatic heterocycles. The fourth-order valence-electron chi connectivity index (χ4n) is 3.32. The van der Waals surface area contributed by atoms with Crippen LogP contribution in [0.2, 0.25) is 0 Å². The summed E-state index contributed by atoms with van der Waals surface area (Å²) in [5, 5.41) is 3.74. The van der Waals surface area contributed by atoms with E-state index in [1.807, 2.05) is 6.92 Å². The van der Waals surface area contributed by atoms with Crippen LogP contribution in [0.25, 0.3) is 0 Å². The molecule has 0 amide bonds. The van der Waals surface area contributed by atoms with Gasteiger partial charge in [-0.05, 0) is 39.0 Å². The molecule has 1 aliphatic rings. The number of esters is 1. The third-order valence-electron chi connectivity index (χ3n) is 4.55. The second kappa shape index (κ2) is 8.57. The Labute approximate surface area is 118 Å². The molecule has 0 aromatic heterocycles. The molecular formula is C16H31NO2. The van der Waals surface area contributed by atoms with Crippen molar-refractivity contribution in [2.24, 2.45) is 11.8 Å². The molecule has 1 rings (SSSR count). The number of rotatable bonds is 7. The molecule has 1 saturated carbocycles. The first-order valence-corrected chi connectivity index (χ1v) is 8.04. The third kappa shape index (κ3) is 5.13. The molecular weight excluding hydrogens is 238 g/mol. The molecule has 0 aromatic rings. The predicted molar refractivity (Wildman–Crippen MR) is 79.0 cm³/mol. The zero-order chi connectivity index (χ0) is 14.3. The molecule has 1 aliphatic carbocycles. The van der Waals surface area contributed by atoms with Crippen LogP contribution in [0.1, 0.15) is 66.2 Å². The molecule has 1 N–H and O–H groups in total. The zero-order valence-corrected chi connectivity index (χ0v) is 13.1. The van der Waals surface area contributed by atoms with Gasteiger partial charge in [0.1, 0.15) is 0 Å². The van der Waals surface area contributed by atoms with E-state index in [4.69, 9.17) is 4.74 Å². The van der Waals surface area contributed by atoms with E-state index in [0.29, 0.717) is 18.7 Å². The summed E-state index contributed by atoms with van der Waals surface area (Å²) in [5.41, 5.74) is 0. The molecule has 112 valence electrons. The van der Waals surface area contributed by atoms with Crippen LogP contribution >= 0.6 is 0 Å². The largest absolute Gasteiger partial charge is 0.466 e. The Bertz CT molecular complexity index is 263. The summed E-state index contributed by atoms with van der Waals surface area (Å²) < 4.78 is 5.16. The van der Waals surface area contributed by atoms with Crippen molar-refractivity contribution in [2.45, 2.75) is 78.3 Å². The SMILES string of the molecule is CCOC(=O)C1CCCC(NC(C)C(CC)CC)C1.